The Bertz CT molecular complexity index is 221. The molecule has 0 radical (unpaired) electrons. The lowest BCUT2D eigenvalue weighted by molar-refractivity contribution is -0.00538. The van der Waals surface area contributed by atoms with E-state index in [1.165, 1.54) is 0 Å². The van der Waals surface area contributed by atoms with Crippen molar-refractivity contribution >= 4 is 21.6 Å². The van der Waals surface area contributed by atoms with Crippen molar-refractivity contribution in [2.75, 3.05) is 0 Å². The van der Waals surface area contributed by atoms with E-state index in [0.29, 0.717) is 12.1 Å². The first kappa shape index (κ1) is 6.46. The molecule has 0 aliphatic heterocycles. The second-order valence-electron chi connectivity index (χ2n) is 1.73. The molecular weight excluding hydrogens is 180 g/mol. The molecule has 0 bridgehead atoms. The lowest BCUT2D eigenvalue weighted by Crippen LogP contribution is -1.96. The molecule has 2 nitrogen and oxygen atoms in total. The Morgan fingerprint density at radius 1 is 1.67 bits per heavy atom. The Morgan fingerprint density at radius 3 is 2.89 bits per heavy atom. The highest BCUT2D eigenvalue weighted by molar-refractivity contribution is 9.11. The van der Waals surface area contributed by atoms with E-state index >= 15 is 0 Å². The number of halogens is 1. The Balaban J connectivity index is 2.90. The fourth-order valence-electron chi connectivity index (χ4n) is 0.628. The van der Waals surface area contributed by atoms with E-state index in [-0.39, 0.29) is 0 Å². The normalized spacial score (nSPS) is 17.0. The maximum Gasteiger partial charge on any atom is 0.296 e. The molecule has 0 unspecified atom stereocenters. The van der Waals surface area contributed by atoms with Gasteiger partial charge in [0.05, 0.1) is 6.42 Å². The van der Waals surface area contributed by atoms with Gasteiger partial charge in [0.25, 0.3) is 5.71 Å². The van der Waals surface area contributed by atoms with Crippen LogP contribution in [0, 0.1) is 0 Å². The molecule has 0 amide bonds. The monoisotopic (exact) mass is 184 g/mol. The highest BCUT2D eigenvalue weighted by atomic mass is 79.9. The molecule has 0 saturated heterocycles. The number of nitrogens with zero attached hydrogens (tertiary/aromatic N) is 2. The first-order chi connectivity index (χ1) is 4.33. The summed E-state index contributed by atoms with van der Waals surface area (Å²) >= 11 is 3.25. The van der Waals surface area contributed by atoms with E-state index in [2.05, 4.69) is 20.7 Å². The van der Waals surface area contributed by atoms with Gasteiger partial charge in [-0.2, -0.15) is 4.79 Å². The summed E-state index contributed by atoms with van der Waals surface area (Å²) in [6.45, 7) is 0. The van der Waals surface area contributed by atoms with E-state index in [9.17, 15) is 0 Å². The average Bonchev–Trinajstić information content (AvgIpc) is 1.88. The molecule has 0 N–H and O–H groups in total. The Kier molecular flexibility index (Phi) is 1.98. The van der Waals surface area contributed by atoms with Gasteiger partial charge in [-0.15, -0.1) is 0 Å². The van der Waals surface area contributed by atoms with Gasteiger partial charge in [0.15, 0.2) is 0 Å². The van der Waals surface area contributed by atoms with Gasteiger partial charge in [0.2, 0.25) is 0 Å². The van der Waals surface area contributed by atoms with Crippen molar-refractivity contribution in [3.8, 4) is 0 Å². The molecule has 0 atom stereocenters. The van der Waals surface area contributed by atoms with E-state index in [0.717, 1.165) is 4.48 Å². The van der Waals surface area contributed by atoms with Crippen LogP contribution in [0.5, 0.6) is 0 Å². The molecule has 0 aromatic rings. The van der Waals surface area contributed by atoms with Crippen molar-refractivity contribution in [3.05, 3.63) is 28.2 Å². The van der Waals surface area contributed by atoms with Crippen LogP contribution in [0.3, 0.4) is 0 Å². The standard InChI is InChI=1S/C6H5BrN2/c7-5-2-1-3-6(4-5)9-8/h1-2,4H,3H2. The summed E-state index contributed by atoms with van der Waals surface area (Å²) in [6, 6.07) is 0. The first-order valence-electron chi connectivity index (χ1n) is 2.57. The van der Waals surface area contributed by atoms with Crippen molar-refractivity contribution in [1.82, 2.24) is 0 Å². The third kappa shape index (κ3) is 1.63. The number of hydrogen-bond acceptors (Lipinski definition) is 0. The van der Waals surface area contributed by atoms with Gasteiger partial charge >= 0.3 is 0 Å². The molecule has 1 aliphatic carbocycles. The van der Waals surface area contributed by atoms with Gasteiger partial charge in [-0.1, -0.05) is 28.1 Å². The van der Waals surface area contributed by atoms with Gasteiger partial charge in [-0.3, -0.25) is 0 Å². The summed E-state index contributed by atoms with van der Waals surface area (Å²) in [5, 5.41) is 0. The fourth-order valence-corrected chi connectivity index (χ4v) is 1.08. The van der Waals surface area contributed by atoms with Crippen LogP contribution in [0.15, 0.2) is 22.7 Å². The minimum absolute atomic E-state index is 0.685. The highest BCUT2D eigenvalue weighted by Gasteiger charge is 2.05. The molecule has 0 aromatic heterocycles. The molecule has 46 valence electrons. The largest absolute Gasteiger partial charge is 0.361 e. The minimum atomic E-state index is 0.685. The Morgan fingerprint density at radius 2 is 2.44 bits per heavy atom. The molecule has 1 rings (SSSR count). The quantitative estimate of drug-likeness (QED) is 0.408. The smallest absolute Gasteiger partial charge is 0.296 e. The third-order valence-corrected chi connectivity index (χ3v) is 1.53. The number of hydrogen-bond donors (Lipinski definition) is 0. The van der Waals surface area contributed by atoms with E-state index < -0.39 is 0 Å². The maximum absolute atomic E-state index is 8.30. The molecule has 0 spiro atoms. The third-order valence-electron chi connectivity index (χ3n) is 1.04. The highest BCUT2D eigenvalue weighted by Crippen LogP contribution is 2.11. The molecule has 0 heterocycles. The van der Waals surface area contributed by atoms with Gasteiger partial charge < -0.3 is 5.53 Å². The zero-order valence-corrected chi connectivity index (χ0v) is 6.30. The van der Waals surface area contributed by atoms with E-state index in [1.54, 1.807) is 6.08 Å². The van der Waals surface area contributed by atoms with Crippen LogP contribution < -0.4 is 0 Å². The SMILES string of the molecule is [N-]=[N+]=C1C=C(Br)C=CC1. The van der Waals surface area contributed by atoms with Crippen LogP contribution in [0.1, 0.15) is 6.42 Å². The zero-order valence-electron chi connectivity index (χ0n) is 4.71. The van der Waals surface area contributed by atoms with Crippen LogP contribution >= 0.6 is 15.9 Å². The van der Waals surface area contributed by atoms with Gasteiger partial charge in [-0.05, 0) is 0 Å². The summed E-state index contributed by atoms with van der Waals surface area (Å²) in [6.07, 6.45) is 6.35. The molecule has 0 fully saturated rings. The molecule has 0 aromatic carbocycles. The lowest BCUT2D eigenvalue weighted by atomic mass is 10.2. The summed E-state index contributed by atoms with van der Waals surface area (Å²) in [5.41, 5.74) is 8.98. The van der Waals surface area contributed by atoms with Crippen LogP contribution in [0.2, 0.25) is 0 Å². The first-order valence-corrected chi connectivity index (χ1v) is 3.37. The fraction of sp³-hybridized carbons (Fsp3) is 0.167. The lowest BCUT2D eigenvalue weighted by Gasteiger charge is -1.92. The topological polar surface area (TPSA) is 36.4 Å². The number of rotatable bonds is 0. The summed E-state index contributed by atoms with van der Waals surface area (Å²) in [7, 11) is 0. The van der Waals surface area contributed by atoms with Crippen molar-refractivity contribution in [1.29, 1.82) is 0 Å². The predicted octanol–water partition coefficient (Wildman–Crippen LogP) is 1.90. The zero-order chi connectivity index (χ0) is 6.69. The van der Waals surface area contributed by atoms with Crippen molar-refractivity contribution in [3.63, 3.8) is 0 Å². The second-order valence-corrected chi connectivity index (χ2v) is 2.64. The molecule has 3 heteroatoms. The molecular formula is C6H5BrN2. The van der Waals surface area contributed by atoms with Crippen LogP contribution in [-0.4, -0.2) is 10.5 Å². The van der Waals surface area contributed by atoms with E-state index in [4.69, 9.17) is 5.53 Å². The van der Waals surface area contributed by atoms with Crippen LogP contribution in [-0.2, 0) is 0 Å². The maximum atomic E-state index is 8.30. The van der Waals surface area contributed by atoms with Gasteiger partial charge in [-0.25, -0.2) is 0 Å². The predicted molar refractivity (Wildman–Crippen MR) is 39.4 cm³/mol. The Hall–Kier alpha value is -0.660. The van der Waals surface area contributed by atoms with Gasteiger partial charge in [0, 0.05) is 10.6 Å². The van der Waals surface area contributed by atoms with Crippen molar-refractivity contribution < 1.29 is 4.79 Å². The minimum Gasteiger partial charge on any atom is -0.361 e. The van der Waals surface area contributed by atoms with Crippen LogP contribution in [0.4, 0.5) is 0 Å². The molecule has 0 saturated carbocycles. The number of allylic oxidation sites excluding steroid dienone is 4. The van der Waals surface area contributed by atoms with E-state index in [1.807, 2.05) is 12.2 Å². The molecule has 1 aliphatic rings. The summed E-state index contributed by atoms with van der Waals surface area (Å²) in [5.74, 6) is 0. The van der Waals surface area contributed by atoms with Crippen LogP contribution in [0.25, 0.3) is 5.53 Å². The van der Waals surface area contributed by atoms with Crippen molar-refractivity contribution in [2.45, 2.75) is 6.42 Å². The van der Waals surface area contributed by atoms with Crippen molar-refractivity contribution in [2.24, 2.45) is 0 Å². The summed E-state index contributed by atoms with van der Waals surface area (Å²) < 4.78 is 0.946. The average molecular weight is 185 g/mol. The second kappa shape index (κ2) is 2.76. The summed E-state index contributed by atoms with van der Waals surface area (Å²) in [4.78, 5) is 3.06. The molecule has 9 heavy (non-hydrogen) atoms. The Labute approximate surface area is 61.6 Å². The van der Waals surface area contributed by atoms with Gasteiger partial charge in [0.1, 0.15) is 0 Å².